The molecule has 2 aromatic rings. The van der Waals surface area contributed by atoms with E-state index in [-0.39, 0.29) is 12.5 Å². The molecule has 2 heterocycles. The Morgan fingerprint density at radius 2 is 1.89 bits per heavy atom. The number of carbonyl (C=O) groups excluding carboxylic acids is 2. The molecule has 148 valence electrons. The minimum Gasteiger partial charge on any atom is -0.445 e. The van der Waals surface area contributed by atoms with E-state index in [2.05, 4.69) is 4.98 Å². The van der Waals surface area contributed by atoms with Crippen LogP contribution in [0, 0.1) is 0 Å². The molecule has 1 fully saturated rings. The summed E-state index contributed by atoms with van der Waals surface area (Å²) < 4.78 is 5.44. The van der Waals surface area contributed by atoms with E-state index in [1.54, 1.807) is 17.3 Å². The number of pyridine rings is 1. The van der Waals surface area contributed by atoms with Crippen LogP contribution >= 0.6 is 0 Å². The highest BCUT2D eigenvalue weighted by Crippen LogP contribution is 2.21. The Labute approximate surface area is 166 Å². The topological polar surface area (TPSA) is 62.7 Å². The van der Waals surface area contributed by atoms with Gasteiger partial charge in [0, 0.05) is 32.0 Å². The lowest BCUT2D eigenvalue weighted by Gasteiger charge is -2.29. The Morgan fingerprint density at radius 1 is 1.14 bits per heavy atom. The van der Waals surface area contributed by atoms with Crippen molar-refractivity contribution in [1.82, 2.24) is 14.8 Å². The molecule has 1 atom stereocenters. The monoisotopic (exact) mass is 381 g/mol. The lowest BCUT2D eigenvalue weighted by molar-refractivity contribution is -0.135. The maximum absolute atomic E-state index is 13.1. The molecule has 1 unspecified atom stereocenters. The van der Waals surface area contributed by atoms with Gasteiger partial charge in [-0.05, 0) is 49.4 Å². The molecule has 2 amide bonds. The maximum Gasteiger partial charge on any atom is 0.410 e. The fourth-order valence-corrected chi connectivity index (χ4v) is 3.49. The van der Waals surface area contributed by atoms with Crippen molar-refractivity contribution in [3.8, 4) is 0 Å². The molecule has 1 aromatic heterocycles. The van der Waals surface area contributed by atoms with Crippen molar-refractivity contribution in [2.24, 2.45) is 0 Å². The Hall–Kier alpha value is -2.89. The molecule has 0 bridgehead atoms. The summed E-state index contributed by atoms with van der Waals surface area (Å²) >= 11 is 0. The normalized spacial score (nSPS) is 16.0. The average molecular weight is 381 g/mol. The Kier molecular flexibility index (Phi) is 7.00. The molecule has 0 radical (unpaired) electrons. The maximum atomic E-state index is 13.1. The third-order valence-corrected chi connectivity index (χ3v) is 5.09. The van der Waals surface area contributed by atoms with Gasteiger partial charge in [0.2, 0.25) is 5.91 Å². The van der Waals surface area contributed by atoms with Crippen molar-refractivity contribution in [3.63, 3.8) is 0 Å². The predicted molar refractivity (Wildman–Crippen MR) is 107 cm³/mol. The molecule has 1 saturated heterocycles. The van der Waals surface area contributed by atoms with Crippen LogP contribution in [-0.4, -0.2) is 52.5 Å². The fraction of sp³-hybridized carbons (Fsp3) is 0.409. The lowest BCUT2D eigenvalue weighted by Crippen LogP contribution is -2.48. The molecular formula is C22H27N3O3. The Bertz CT molecular complexity index is 767. The summed E-state index contributed by atoms with van der Waals surface area (Å²) in [6.07, 6.45) is 5.38. The molecule has 1 aliphatic heterocycles. The number of hydrogen-bond acceptors (Lipinski definition) is 4. The first kappa shape index (κ1) is 19.9. The lowest BCUT2D eigenvalue weighted by atomic mass is 10.1. The van der Waals surface area contributed by atoms with Gasteiger partial charge in [-0.15, -0.1) is 0 Å². The largest absolute Gasteiger partial charge is 0.445 e. The van der Waals surface area contributed by atoms with Gasteiger partial charge in [-0.25, -0.2) is 4.79 Å². The molecule has 0 N–H and O–H groups in total. The smallest absolute Gasteiger partial charge is 0.410 e. The third-order valence-electron chi connectivity index (χ3n) is 5.09. The number of aromatic nitrogens is 1. The van der Waals surface area contributed by atoms with Crippen LogP contribution in [0.2, 0.25) is 0 Å². The average Bonchev–Trinajstić information content (AvgIpc) is 3.24. The van der Waals surface area contributed by atoms with Crippen molar-refractivity contribution < 1.29 is 14.3 Å². The van der Waals surface area contributed by atoms with E-state index in [9.17, 15) is 9.59 Å². The molecule has 0 saturated carbocycles. The molecule has 6 nitrogen and oxygen atoms in total. The van der Waals surface area contributed by atoms with Gasteiger partial charge in [0.1, 0.15) is 12.6 Å². The molecule has 0 aliphatic carbocycles. The van der Waals surface area contributed by atoms with Crippen LogP contribution in [0.3, 0.4) is 0 Å². The van der Waals surface area contributed by atoms with Crippen LogP contribution in [-0.2, 0) is 22.6 Å². The van der Waals surface area contributed by atoms with Crippen LogP contribution in [0.1, 0.15) is 30.9 Å². The first-order chi connectivity index (χ1) is 13.7. The molecule has 3 rings (SSSR count). The summed E-state index contributed by atoms with van der Waals surface area (Å²) in [6.45, 7) is 4.00. The number of likely N-dealkylation sites (tertiary alicyclic amines) is 1. The Balaban J connectivity index is 1.56. The van der Waals surface area contributed by atoms with Crippen LogP contribution in [0.4, 0.5) is 4.79 Å². The highest BCUT2D eigenvalue weighted by molar-refractivity contribution is 5.86. The van der Waals surface area contributed by atoms with E-state index in [1.165, 1.54) is 0 Å². The first-order valence-corrected chi connectivity index (χ1v) is 9.84. The molecule has 6 heteroatoms. The van der Waals surface area contributed by atoms with Crippen LogP contribution < -0.4 is 0 Å². The second-order valence-corrected chi connectivity index (χ2v) is 6.91. The van der Waals surface area contributed by atoms with E-state index < -0.39 is 12.1 Å². The van der Waals surface area contributed by atoms with Crippen LogP contribution in [0.5, 0.6) is 0 Å². The second-order valence-electron chi connectivity index (χ2n) is 6.91. The van der Waals surface area contributed by atoms with Gasteiger partial charge in [-0.3, -0.25) is 14.7 Å². The van der Waals surface area contributed by atoms with E-state index in [1.807, 2.05) is 54.3 Å². The number of likely N-dealkylation sites (N-methyl/N-ethyl adjacent to an activating group) is 1. The van der Waals surface area contributed by atoms with Crippen molar-refractivity contribution in [1.29, 1.82) is 0 Å². The molecule has 1 aromatic carbocycles. The van der Waals surface area contributed by atoms with Gasteiger partial charge in [-0.2, -0.15) is 0 Å². The first-order valence-electron chi connectivity index (χ1n) is 9.84. The summed E-state index contributed by atoms with van der Waals surface area (Å²) in [7, 11) is 0. The number of amides is 2. The van der Waals surface area contributed by atoms with Gasteiger partial charge in [0.05, 0.1) is 0 Å². The second kappa shape index (κ2) is 9.88. The SMILES string of the molecule is CCN(CCc1ccncc1)C(=O)C1CCCN1C(=O)OCc1ccccc1. The summed E-state index contributed by atoms with van der Waals surface area (Å²) in [4.78, 5) is 33.0. The third kappa shape index (κ3) is 5.09. The van der Waals surface area contributed by atoms with Crippen LogP contribution in [0.15, 0.2) is 54.9 Å². The number of hydrogen-bond donors (Lipinski definition) is 0. The van der Waals surface area contributed by atoms with E-state index >= 15 is 0 Å². The van der Waals surface area contributed by atoms with E-state index in [0.29, 0.717) is 26.1 Å². The van der Waals surface area contributed by atoms with Crippen molar-refractivity contribution in [2.75, 3.05) is 19.6 Å². The van der Waals surface area contributed by atoms with Gasteiger partial charge < -0.3 is 9.64 Å². The van der Waals surface area contributed by atoms with Crippen molar-refractivity contribution >= 4 is 12.0 Å². The van der Waals surface area contributed by atoms with Crippen molar-refractivity contribution in [2.45, 2.75) is 38.8 Å². The zero-order valence-electron chi connectivity index (χ0n) is 16.3. The highest BCUT2D eigenvalue weighted by atomic mass is 16.6. The summed E-state index contributed by atoms with van der Waals surface area (Å²) in [5.74, 6) is 0.00529. The zero-order chi connectivity index (χ0) is 19.8. The molecule has 1 aliphatic rings. The van der Waals surface area contributed by atoms with Gasteiger partial charge in [0.15, 0.2) is 0 Å². The summed E-state index contributed by atoms with van der Waals surface area (Å²) in [5.41, 5.74) is 2.08. The number of benzene rings is 1. The van der Waals surface area contributed by atoms with E-state index in [0.717, 1.165) is 24.0 Å². The molecule has 0 spiro atoms. The summed E-state index contributed by atoms with van der Waals surface area (Å²) in [6, 6.07) is 13.1. The standard InChI is InChI=1S/C22H27N3O3/c1-2-24(16-12-18-10-13-23-14-11-18)21(26)20-9-6-15-25(20)22(27)28-17-19-7-4-3-5-8-19/h3-5,7-8,10-11,13-14,20H,2,6,9,12,15-17H2,1H3. The molecular weight excluding hydrogens is 354 g/mol. The minimum atomic E-state index is -0.430. The number of carbonyl (C=O) groups is 2. The Morgan fingerprint density at radius 3 is 2.61 bits per heavy atom. The van der Waals surface area contributed by atoms with Gasteiger partial charge in [0.25, 0.3) is 0 Å². The summed E-state index contributed by atoms with van der Waals surface area (Å²) in [5, 5.41) is 0. The fourth-order valence-electron chi connectivity index (χ4n) is 3.49. The molecule has 28 heavy (non-hydrogen) atoms. The van der Waals surface area contributed by atoms with Crippen LogP contribution in [0.25, 0.3) is 0 Å². The predicted octanol–water partition coefficient (Wildman–Crippen LogP) is 3.27. The van der Waals surface area contributed by atoms with Gasteiger partial charge in [-0.1, -0.05) is 30.3 Å². The van der Waals surface area contributed by atoms with Gasteiger partial charge >= 0.3 is 6.09 Å². The van der Waals surface area contributed by atoms with E-state index in [4.69, 9.17) is 4.74 Å². The van der Waals surface area contributed by atoms with Crippen molar-refractivity contribution in [3.05, 3.63) is 66.0 Å². The zero-order valence-corrected chi connectivity index (χ0v) is 16.3. The number of rotatable bonds is 7. The quantitative estimate of drug-likeness (QED) is 0.738. The highest BCUT2D eigenvalue weighted by Gasteiger charge is 2.37. The number of ether oxygens (including phenoxy) is 1. The number of nitrogens with zero attached hydrogens (tertiary/aromatic N) is 3. The minimum absolute atomic E-state index is 0.00529.